The molecule has 0 radical (unpaired) electrons. The number of amides is 1. The van der Waals surface area contributed by atoms with Crippen LogP contribution < -0.4 is 10.6 Å². The normalized spacial score (nSPS) is 18.3. The van der Waals surface area contributed by atoms with E-state index in [9.17, 15) is 4.79 Å². The molecule has 1 aliphatic heterocycles. The Bertz CT molecular complexity index is 679. The predicted octanol–water partition coefficient (Wildman–Crippen LogP) is 2.72. The van der Waals surface area contributed by atoms with Crippen LogP contribution in [0.15, 0.2) is 48.5 Å². The summed E-state index contributed by atoms with van der Waals surface area (Å²) < 4.78 is 0. The molecule has 24 heavy (non-hydrogen) atoms. The Morgan fingerprint density at radius 1 is 1.12 bits per heavy atom. The van der Waals surface area contributed by atoms with Gasteiger partial charge < -0.3 is 10.6 Å². The molecule has 4 nitrogen and oxygen atoms in total. The third-order valence-corrected chi connectivity index (χ3v) is 4.55. The topological polar surface area (TPSA) is 44.4 Å². The van der Waals surface area contributed by atoms with Crippen LogP contribution in [0.2, 0.25) is 0 Å². The lowest BCUT2D eigenvalue weighted by Crippen LogP contribution is -2.55. The first-order chi connectivity index (χ1) is 11.6. The van der Waals surface area contributed by atoms with Crippen molar-refractivity contribution in [3.8, 4) is 0 Å². The number of rotatable bonds is 4. The number of nitrogens with zero attached hydrogens (tertiary/aromatic N) is 1. The van der Waals surface area contributed by atoms with E-state index >= 15 is 0 Å². The van der Waals surface area contributed by atoms with Crippen molar-refractivity contribution in [3.63, 3.8) is 0 Å². The summed E-state index contributed by atoms with van der Waals surface area (Å²) in [5, 5.41) is 6.44. The number of nitrogens with one attached hydrogen (secondary N) is 2. The molecule has 1 amide bonds. The number of piperazine rings is 1. The van der Waals surface area contributed by atoms with Crippen LogP contribution in [0.25, 0.3) is 0 Å². The number of benzene rings is 2. The summed E-state index contributed by atoms with van der Waals surface area (Å²) in [5.74, 6) is 0.0464. The zero-order valence-corrected chi connectivity index (χ0v) is 14.4. The fraction of sp³-hybridized carbons (Fsp3) is 0.350. The monoisotopic (exact) mass is 323 g/mol. The quantitative estimate of drug-likeness (QED) is 0.909. The largest absolute Gasteiger partial charge is 0.324 e. The van der Waals surface area contributed by atoms with Gasteiger partial charge in [-0.1, -0.05) is 48.5 Å². The summed E-state index contributed by atoms with van der Waals surface area (Å²) in [4.78, 5) is 15.0. The van der Waals surface area contributed by atoms with Gasteiger partial charge in [0.05, 0.1) is 6.04 Å². The first-order valence-electron chi connectivity index (χ1n) is 8.50. The lowest BCUT2D eigenvalue weighted by atomic mass is 10.1. The minimum atomic E-state index is -0.179. The maximum Gasteiger partial charge on any atom is 0.242 e. The van der Waals surface area contributed by atoms with Gasteiger partial charge in [0, 0.05) is 31.9 Å². The molecule has 2 aromatic rings. The van der Waals surface area contributed by atoms with E-state index in [1.807, 2.05) is 38.1 Å². The Hall–Kier alpha value is -2.17. The maximum atomic E-state index is 12.7. The van der Waals surface area contributed by atoms with Gasteiger partial charge in [0.1, 0.15) is 0 Å². The molecule has 1 saturated heterocycles. The van der Waals surface area contributed by atoms with Gasteiger partial charge in [-0.05, 0) is 30.5 Å². The summed E-state index contributed by atoms with van der Waals surface area (Å²) in [6, 6.07) is 16.3. The van der Waals surface area contributed by atoms with Crippen molar-refractivity contribution in [2.75, 3.05) is 25.0 Å². The second kappa shape index (κ2) is 7.60. The molecule has 3 rings (SSSR count). The van der Waals surface area contributed by atoms with Gasteiger partial charge in [-0.2, -0.15) is 0 Å². The molecule has 1 aliphatic rings. The Kier molecular flexibility index (Phi) is 5.28. The molecule has 0 aromatic heterocycles. The van der Waals surface area contributed by atoms with Crippen LogP contribution in [0.1, 0.15) is 16.7 Å². The summed E-state index contributed by atoms with van der Waals surface area (Å²) in [6.07, 6.45) is 0. The van der Waals surface area contributed by atoms with E-state index in [1.165, 1.54) is 5.56 Å². The van der Waals surface area contributed by atoms with Crippen molar-refractivity contribution in [3.05, 3.63) is 65.2 Å². The molecule has 0 spiro atoms. The molecule has 1 atom stereocenters. The van der Waals surface area contributed by atoms with E-state index in [0.717, 1.165) is 43.0 Å². The average molecular weight is 323 g/mol. The molecule has 1 heterocycles. The molecular formula is C20H25N3O. The smallest absolute Gasteiger partial charge is 0.242 e. The number of hydrogen-bond acceptors (Lipinski definition) is 3. The highest BCUT2D eigenvalue weighted by Gasteiger charge is 2.25. The van der Waals surface area contributed by atoms with Crippen LogP contribution in [0.3, 0.4) is 0 Å². The number of hydrogen-bond donors (Lipinski definition) is 2. The molecule has 1 fully saturated rings. The summed E-state index contributed by atoms with van der Waals surface area (Å²) in [6.45, 7) is 7.46. The fourth-order valence-corrected chi connectivity index (χ4v) is 3.19. The standard InChI is InChI=1S/C20H25N3O/c1-15-7-6-8-16(2)19(15)22-20(24)18-14-23(12-11-21-18)13-17-9-4-3-5-10-17/h3-10,18,21H,11-14H2,1-2H3,(H,22,24). The van der Waals surface area contributed by atoms with Crippen molar-refractivity contribution in [1.29, 1.82) is 0 Å². The summed E-state index contributed by atoms with van der Waals surface area (Å²) >= 11 is 0. The number of carbonyl (C=O) groups is 1. The predicted molar refractivity (Wildman–Crippen MR) is 98.1 cm³/mol. The van der Waals surface area contributed by atoms with E-state index in [0.29, 0.717) is 0 Å². The van der Waals surface area contributed by atoms with Crippen molar-refractivity contribution in [2.45, 2.75) is 26.4 Å². The highest BCUT2D eigenvalue weighted by Crippen LogP contribution is 2.20. The molecule has 2 aromatic carbocycles. The van der Waals surface area contributed by atoms with Crippen LogP contribution >= 0.6 is 0 Å². The van der Waals surface area contributed by atoms with E-state index in [2.05, 4.69) is 39.8 Å². The number of aryl methyl sites for hydroxylation is 2. The van der Waals surface area contributed by atoms with Crippen LogP contribution in [0.5, 0.6) is 0 Å². The minimum absolute atomic E-state index is 0.0464. The zero-order valence-electron chi connectivity index (χ0n) is 14.4. The van der Waals surface area contributed by atoms with Gasteiger partial charge >= 0.3 is 0 Å². The van der Waals surface area contributed by atoms with E-state index in [4.69, 9.17) is 0 Å². The number of para-hydroxylation sites is 1. The zero-order chi connectivity index (χ0) is 16.9. The molecule has 0 bridgehead atoms. The molecule has 4 heteroatoms. The summed E-state index contributed by atoms with van der Waals surface area (Å²) in [7, 11) is 0. The molecule has 1 unspecified atom stereocenters. The van der Waals surface area contributed by atoms with Gasteiger partial charge in [-0.25, -0.2) is 0 Å². The molecule has 0 saturated carbocycles. The van der Waals surface area contributed by atoms with Gasteiger partial charge in [0.25, 0.3) is 0 Å². The second-order valence-electron chi connectivity index (χ2n) is 6.48. The van der Waals surface area contributed by atoms with Gasteiger partial charge in [-0.3, -0.25) is 9.69 Å². The Balaban J connectivity index is 1.63. The number of carbonyl (C=O) groups excluding carboxylic acids is 1. The first-order valence-corrected chi connectivity index (χ1v) is 8.50. The van der Waals surface area contributed by atoms with Crippen LogP contribution in [-0.4, -0.2) is 36.5 Å². The van der Waals surface area contributed by atoms with Crippen molar-refractivity contribution in [2.24, 2.45) is 0 Å². The lowest BCUT2D eigenvalue weighted by molar-refractivity contribution is -0.119. The van der Waals surface area contributed by atoms with Crippen molar-refractivity contribution in [1.82, 2.24) is 10.2 Å². The Morgan fingerprint density at radius 3 is 2.54 bits per heavy atom. The SMILES string of the molecule is Cc1cccc(C)c1NC(=O)C1CN(Cc2ccccc2)CCN1. The Labute approximate surface area is 143 Å². The molecule has 0 aliphatic carbocycles. The molecular weight excluding hydrogens is 298 g/mol. The van der Waals surface area contributed by atoms with Gasteiger partial charge in [0.15, 0.2) is 0 Å². The average Bonchev–Trinajstić information content (AvgIpc) is 2.59. The minimum Gasteiger partial charge on any atom is -0.324 e. The number of anilines is 1. The first kappa shape index (κ1) is 16.7. The Morgan fingerprint density at radius 2 is 1.83 bits per heavy atom. The van der Waals surface area contributed by atoms with Crippen molar-refractivity contribution < 1.29 is 4.79 Å². The maximum absolute atomic E-state index is 12.7. The lowest BCUT2D eigenvalue weighted by Gasteiger charge is -2.33. The van der Waals surface area contributed by atoms with Crippen LogP contribution in [-0.2, 0) is 11.3 Å². The molecule has 2 N–H and O–H groups in total. The van der Waals surface area contributed by atoms with Gasteiger partial charge in [-0.15, -0.1) is 0 Å². The fourth-order valence-electron chi connectivity index (χ4n) is 3.19. The van der Waals surface area contributed by atoms with E-state index < -0.39 is 0 Å². The third kappa shape index (κ3) is 4.02. The van der Waals surface area contributed by atoms with Crippen molar-refractivity contribution >= 4 is 11.6 Å². The summed E-state index contributed by atoms with van der Waals surface area (Å²) in [5.41, 5.74) is 4.42. The van der Waals surface area contributed by atoms with Crippen LogP contribution in [0, 0.1) is 13.8 Å². The van der Waals surface area contributed by atoms with E-state index in [1.54, 1.807) is 0 Å². The molecule has 126 valence electrons. The van der Waals surface area contributed by atoms with E-state index in [-0.39, 0.29) is 11.9 Å². The second-order valence-corrected chi connectivity index (χ2v) is 6.48. The van der Waals surface area contributed by atoms with Gasteiger partial charge in [0.2, 0.25) is 5.91 Å². The highest BCUT2D eigenvalue weighted by atomic mass is 16.2. The highest BCUT2D eigenvalue weighted by molar-refractivity contribution is 5.96. The van der Waals surface area contributed by atoms with Crippen LogP contribution in [0.4, 0.5) is 5.69 Å². The third-order valence-electron chi connectivity index (χ3n) is 4.55.